The van der Waals surface area contributed by atoms with Crippen LogP contribution in [0.3, 0.4) is 0 Å². The molecular weight excluding hydrogens is 374 g/mol. The van der Waals surface area contributed by atoms with Gasteiger partial charge in [0.25, 0.3) is 0 Å². The van der Waals surface area contributed by atoms with Gasteiger partial charge in [-0.25, -0.2) is 4.98 Å². The molecule has 23 heavy (non-hydrogen) atoms. The van der Waals surface area contributed by atoms with Crippen LogP contribution in [0.4, 0.5) is 17.2 Å². The quantitative estimate of drug-likeness (QED) is 0.687. The molecule has 0 saturated heterocycles. The molecule has 1 aromatic heterocycles. The van der Waals surface area contributed by atoms with Gasteiger partial charge in [0.05, 0.1) is 5.52 Å². The minimum Gasteiger partial charge on any atom is -1.00 e. The molecule has 0 fully saturated rings. The van der Waals surface area contributed by atoms with E-state index in [-0.39, 0.29) is 12.4 Å². The lowest BCUT2D eigenvalue weighted by molar-refractivity contribution is -0.00000432. The van der Waals surface area contributed by atoms with E-state index in [0.717, 1.165) is 45.4 Å². The highest BCUT2D eigenvalue weighted by Gasteiger charge is 2.25. The number of halogens is 2. The van der Waals surface area contributed by atoms with Crippen LogP contribution in [0, 0.1) is 6.92 Å². The molecule has 3 nitrogen and oxygen atoms in total. The summed E-state index contributed by atoms with van der Waals surface area (Å²) in [5, 5.41) is 1.03. The van der Waals surface area contributed by atoms with Gasteiger partial charge in [-0.1, -0.05) is 28.1 Å². The van der Waals surface area contributed by atoms with Crippen molar-refractivity contribution < 1.29 is 12.4 Å². The number of hydrogen-bond acceptors (Lipinski definition) is 3. The van der Waals surface area contributed by atoms with Crippen molar-refractivity contribution in [3.8, 4) is 0 Å². The van der Waals surface area contributed by atoms with Crippen molar-refractivity contribution in [1.82, 2.24) is 4.98 Å². The molecule has 0 radical (unpaired) electrons. The maximum Gasteiger partial charge on any atom is 0.139 e. The molecule has 5 heteroatoms. The van der Waals surface area contributed by atoms with Gasteiger partial charge in [0.15, 0.2) is 0 Å². The largest absolute Gasteiger partial charge is 1.00 e. The Morgan fingerprint density at radius 1 is 1.17 bits per heavy atom. The number of fused-ring (bicyclic) bond motifs is 2. The van der Waals surface area contributed by atoms with Crippen LogP contribution in [-0.4, -0.2) is 11.5 Å². The zero-order valence-electron chi connectivity index (χ0n) is 12.7. The molecular formula is C18H16BrClN3-. The van der Waals surface area contributed by atoms with Crippen molar-refractivity contribution in [3.05, 3.63) is 58.1 Å². The third kappa shape index (κ3) is 2.66. The number of anilines is 3. The molecule has 0 bridgehead atoms. The Morgan fingerprint density at radius 2 is 2.00 bits per heavy atom. The molecule has 3 aromatic rings. The van der Waals surface area contributed by atoms with Gasteiger partial charge in [0, 0.05) is 33.3 Å². The van der Waals surface area contributed by atoms with Gasteiger partial charge in [0.2, 0.25) is 0 Å². The Hall–Kier alpha value is -1.78. The fourth-order valence-corrected chi connectivity index (χ4v) is 3.49. The molecule has 118 valence electrons. The van der Waals surface area contributed by atoms with E-state index in [0.29, 0.717) is 0 Å². The number of nitrogens with two attached hydrogens (primary N) is 1. The lowest BCUT2D eigenvalue weighted by Gasteiger charge is -2.19. The summed E-state index contributed by atoms with van der Waals surface area (Å²) in [4.78, 5) is 7.13. The van der Waals surface area contributed by atoms with E-state index in [2.05, 4.69) is 52.0 Å². The van der Waals surface area contributed by atoms with Gasteiger partial charge in [-0.2, -0.15) is 0 Å². The van der Waals surface area contributed by atoms with Crippen LogP contribution in [0.5, 0.6) is 0 Å². The van der Waals surface area contributed by atoms with E-state index in [1.807, 2.05) is 18.2 Å². The summed E-state index contributed by atoms with van der Waals surface area (Å²) < 4.78 is 1.03. The topological polar surface area (TPSA) is 42.2 Å². The fraction of sp³-hybridized carbons (Fsp3) is 0.167. The first kappa shape index (κ1) is 16.1. The number of aryl methyl sites for hydroxylation is 1. The van der Waals surface area contributed by atoms with Crippen molar-refractivity contribution in [1.29, 1.82) is 0 Å². The van der Waals surface area contributed by atoms with E-state index < -0.39 is 0 Å². The normalized spacial score (nSPS) is 13.0. The highest BCUT2D eigenvalue weighted by molar-refractivity contribution is 9.10. The van der Waals surface area contributed by atoms with Crippen LogP contribution in [0.25, 0.3) is 10.9 Å². The summed E-state index contributed by atoms with van der Waals surface area (Å²) in [6.45, 7) is 3.04. The maximum atomic E-state index is 6.42. The van der Waals surface area contributed by atoms with Crippen molar-refractivity contribution in [2.24, 2.45) is 0 Å². The van der Waals surface area contributed by atoms with Gasteiger partial charge >= 0.3 is 0 Å². The van der Waals surface area contributed by atoms with Crippen LogP contribution in [0.15, 0.2) is 46.9 Å². The van der Waals surface area contributed by atoms with Crippen molar-refractivity contribution in [2.75, 3.05) is 17.2 Å². The SMILES string of the molecule is Cc1cccc(N2CCc3c2nc2ccc(Br)cc2c3N)c1.[Cl-]. The second kappa shape index (κ2) is 6.02. The fourth-order valence-electron chi connectivity index (χ4n) is 3.13. The van der Waals surface area contributed by atoms with Crippen LogP contribution < -0.4 is 23.0 Å². The Balaban J connectivity index is 0.00000156. The summed E-state index contributed by atoms with van der Waals surface area (Å²) in [6, 6.07) is 14.6. The Labute approximate surface area is 150 Å². The summed E-state index contributed by atoms with van der Waals surface area (Å²) in [5.41, 5.74) is 11.8. The minimum atomic E-state index is 0. The van der Waals surface area contributed by atoms with Crippen molar-refractivity contribution in [2.45, 2.75) is 13.3 Å². The highest BCUT2D eigenvalue weighted by Crippen LogP contribution is 2.39. The predicted octanol–water partition coefficient (Wildman–Crippen LogP) is 1.59. The molecule has 0 unspecified atom stereocenters. The van der Waals surface area contributed by atoms with Gasteiger partial charge in [-0.3, -0.25) is 0 Å². The molecule has 1 aliphatic rings. The molecule has 2 aromatic carbocycles. The van der Waals surface area contributed by atoms with Gasteiger partial charge in [-0.05, 0) is 49.2 Å². The lowest BCUT2D eigenvalue weighted by Crippen LogP contribution is -3.00. The van der Waals surface area contributed by atoms with Crippen LogP contribution in [0.1, 0.15) is 11.1 Å². The Kier molecular flexibility index (Phi) is 4.21. The molecule has 2 N–H and O–H groups in total. The number of rotatable bonds is 1. The van der Waals surface area contributed by atoms with Crippen LogP contribution in [0.2, 0.25) is 0 Å². The van der Waals surface area contributed by atoms with Crippen LogP contribution >= 0.6 is 15.9 Å². The maximum absolute atomic E-state index is 6.42. The number of benzene rings is 2. The third-order valence-corrected chi connectivity index (χ3v) is 4.72. The van der Waals surface area contributed by atoms with E-state index in [4.69, 9.17) is 10.7 Å². The molecule has 1 aliphatic heterocycles. The molecule has 0 spiro atoms. The molecule has 2 heterocycles. The highest BCUT2D eigenvalue weighted by atomic mass is 79.9. The Bertz CT molecular complexity index is 895. The second-order valence-electron chi connectivity index (χ2n) is 5.73. The van der Waals surface area contributed by atoms with Gasteiger partial charge in [0.1, 0.15) is 5.82 Å². The van der Waals surface area contributed by atoms with E-state index in [1.54, 1.807) is 0 Å². The summed E-state index contributed by atoms with van der Waals surface area (Å²) in [7, 11) is 0. The molecule has 4 rings (SSSR count). The first-order chi connectivity index (χ1) is 10.6. The molecule has 0 aliphatic carbocycles. The average Bonchev–Trinajstić information content (AvgIpc) is 2.92. The monoisotopic (exact) mass is 388 g/mol. The number of pyridine rings is 1. The predicted molar refractivity (Wildman–Crippen MR) is 95.7 cm³/mol. The number of aromatic nitrogens is 1. The van der Waals surface area contributed by atoms with E-state index in [1.165, 1.54) is 11.3 Å². The first-order valence-corrected chi connectivity index (χ1v) is 8.14. The zero-order valence-corrected chi connectivity index (χ0v) is 15.0. The summed E-state index contributed by atoms with van der Waals surface area (Å²) in [6.07, 6.45) is 0.935. The smallest absolute Gasteiger partial charge is 0.139 e. The molecule has 0 atom stereocenters. The zero-order chi connectivity index (χ0) is 15.3. The number of nitrogens with zero attached hydrogens (tertiary/aromatic N) is 2. The second-order valence-corrected chi connectivity index (χ2v) is 6.65. The summed E-state index contributed by atoms with van der Waals surface area (Å²) >= 11 is 3.51. The molecule has 0 saturated carbocycles. The van der Waals surface area contributed by atoms with Crippen molar-refractivity contribution in [3.63, 3.8) is 0 Å². The standard InChI is InChI=1S/C18H16BrN3.ClH/c1-11-3-2-4-13(9-11)22-8-7-14-17(20)15-10-12(19)5-6-16(15)21-18(14)22;/h2-6,9-10H,7-8H2,1H3,(H2,20,21);1H/p-1. The number of hydrogen-bond donors (Lipinski definition) is 1. The van der Waals surface area contributed by atoms with Crippen LogP contribution in [-0.2, 0) is 6.42 Å². The third-order valence-electron chi connectivity index (χ3n) is 4.22. The Morgan fingerprint density at radius 3 is 2.78 bits per heavy atom. The average molecular weight is 390 g/mol. The van der Waals surface area contributed by atoms with Gasteiger partial charge < -0.3 is 23.0 Å². The van der Waals surface area contributed by atoms with E-state index in [9.17, 15) is 0 Å². The van der Waals surface area contributed by atoms with Gasteiger partial charge in [-0.15, -0.1) is 0 Å². The first-order valence-electron chi connectivity index (χ1n) is 7.35. The molecule has 0 amide bonds. The van der Waals surface area contributed by atoms with Crippen molar-refractivity contribution >= 4 is 44.0 Å². The summed E-state index contributed by atoms with van der Waals surface area (Å²) in [5.74, 6) is 0.998. The number of nitrogen functional groups attached to an aromatic ring is 1. The minimum absolute atomic E-state index is 0. The van der Waals surface area contributed by atoms with E-state index >= 15 is 0 Å². The lowest BCUT2D eigenvalue weighted by atomic mass is 10.1.